The van der Waals surface area contributed by atoms with Crippen molar-refractivity contribution in [2.24, 2.45) is 5.41 Å². The highest BCUT2D eigenvalue weighted by molar-refractivity contribution is 7.86. The van der Waals surface area contributed by atoms with Crippen LogP contribution in [0.25, 0.3) is 0 Å². The molecule has 1 atom stereocenters. The highest BCUT2D eigenvalue weighted by Crippen LogP contribution is 2.34. The van der Waals surface area contributed by atoms with Crippen LogP contribution in [0, 0.1) is 5.41 Å². The highest BCUT2D eigenvalue weighted by atomic mass is 32.2. The molecule has 0 radical (unpaired) electrons. The Labute approximate surface area is 129 Å². The summed E-state index contributed by atoms with van der Waals surface area (Å²) in [4.78, 5) is 0. The summed E-state index contributed by atoms with van der Waals surface area (Å²) < 4.78 is 33.2. The van der Waals surface area contributed by atoms with Gasteiger partial charge in [-0.25, -0.2) is 0 Å². The van der Waals surface area contributed by atoms with Gasteiger partial charge in [-0.15, -0.1) is 0 Å². The first kappa shape index (κ1) is 18.2. The monoisotopic (exact) mass is 312 g/mol. The van der Waals surface area contributed by atoms with Crippen LogP contribution in [-0.2, 0) is 16.5 Å². The van der Waals surface area contributed by atoms with Crippen molar-refractivity contribution in [2.45, 2.75) is 64.5 Å². The van der Waals surface area contributed by atoms with Crippen LogP contribution >= 0.6 is 0 Å². The smallest absolute Gasteiger partial charge is 0.268 e. The van der Waals surface area contributed by atoms with Gasteiger partial charge in [0.15, 0.2) is 0 Å². The first-order valence-electron chi connectivity index (χ1n) is 7.77. The molecule has 0 saturated heterocycles. The van der Waals surface area contributed by atoms with Gasteiger partial charge in [0.05, 0.1) is 5.25 Å². The first-order valence-corrected chi connectivity index (χ1v) is 9.28. The van der Waals surface area contributed by atoms with Crippen molar-refractivity contribution in [1.29, 1.82) is 0 Å². The molecule has 1 N–H and O–H groups in total. The lowest BCUT2D eigenvalue weighted by Gasteiger charge is -2.32. The molecule has 1 rings (SSSR count). The van der Waals surface area contributed by atoms with Gasteiger partial charge in [0, 0.05) is 0 Å². The number of hydrogen-bond donors (Lipinski definition) is 1. The van der Waals surface area contributed by atoms with Crippen LogP contribution in [0.3, 0.4) is 0 Å². The topological polar surface area (TPSA) is 54.4 Å². The Morgan fingerprint density at radius 3 is 2.29 bits per heavy atom. The van der Waals surface area contributed by atoms with Gasteiger partial charge in [0.2, 0.25) is 0 Å². The molecule has 4 heteroatoms. The third kappa shape index (κ3) is 6.18. The van der Waals surface area contributed by atoms with Crippen LogP contribution < -0.4 is 0 Å². The molecule has 0 bridgehead atoms. The minimum absolute atomic E-state index is 0.405. The Kier molecular flexibility index (Phi) is 6.88. The van der Waals surface area contributed by atoms with Crippen molar-refractivity contribution < 1.29 is 13.0 Å². The van der Waals surface area contributed by atoms with E-state index in [9.17, 15) is 13.0 Å². The van der Waals surface area contributed by atoms with Crippen LogP contribution in [0.2, 0.25) is 0 Å². The minimum Gasteiger partial charge on any atom is -0.285 e. The average Bonchev–Trinajstić information content (AvgIpc) is 2.38. The number of unbranched alkanes of at least 4 members (excludes halogenated alkanes) is 2. The molecule has 0 spiro atoms. The van der Waals surface area contributed by atoms with Crippen molar-refractivity contribution in [1.82, 2.24) is 0 Å². The summed E-state index contributed by atoms with van der Waals surface area (Å²) >= 11 is 0. The molecule has 0 aliphatic rings. The van der Waals surface area contributed by atoms with Crippen LogP contribution in [-0.4, -0.2) is 18.2 Å². The molecule has 1 aromatic rings. The molecule has 0 aromatic heterocycles. The summed E-state index contributed by atoms with van der Waals surface area (Å²) in [5.41, 5.74) is 0.702. The van der Waals surface area contributed by atoms with E-state index < -0.39 is 20.8 Å². The predicted octanol–water partition coefficient (Wildman–Crippen LogP) is 4.48. The van der Waals surface area contributed by atoms with E-state index in [2.05, 4.69) is 6.92 Å². The molecular weight excluding hydrogens is 284 g/mol. The summed E-state index contributed by atoms with van der Waals surface area (Å²) in [6.45, 7) is 6.03. The second-order valence-corrected chi connectivity index (χ2v) is 8.07. The predicted molar refractivity (Wildman–Crippen MR) is 88.0 cm³/mol. The molecule has 1 unspecified atom stereocenters. The summed E-state index contributed by atoms with van der Waals surface area (Å²) in [6.07, 6.45) is 5.16. The van der Waals surface area contributed by atoms with E-state index in [0.717, 1.165) is 31.2 Å². The van der Waals surface area contributed by atoms with Gasteiger partial charge < -0.3 is 0 Å². The van der Waals surface area contributed by atoms with E-state index in [-0.39, 0.29) is 0 Å². The van der Waals surface area contributed by atoms with Crippen molar-refractivity contribution in [2.75, 3.05) is 0 Å². The quantitative estimate of drug-likeness (QED) is 0.540. The molecule has 0 amide bonds. The second kappa shape index (κ2) is 7.95. The number of rotatable bonds is 9. The fraction of sp³-hybridized carbons (Fsp3) is 0.647. The van der Waals surface area contributed by atoms with Crippen LogP contribution in [0.15, 0.2) is 30.3 Å². The molecule has 1 aromatic carbocycles. The molecule has 0 heterocycles. The fourth-order valence-corrected chi connectivity index (χ4v) is 4.22. The molecule has 0 saturated carbocycles. The molecule has 0 aliphatic heterocycles. The van der Waals surface area contributed by atoms with E-state index in [1.54, 1.807) is 0 Å². The maximum absolute atomic E-state index is 11.8. The normalized spacial score (nSPS) is 14.1. The summed E-state index contributed by atoms with van der Waals surface area (Å²) in [5.74, 6) is 0. The SMILES string of the molecule is CCCCCC(C)(C)C(CCc1ccccc1)S(=O)(=O)O. The fourth-order valence-electron chi connectivity index (χ4n) is 2.88. The van der Waals surface area contributed by atoms with Gasteiger partial charge in [-0.3, -0.25) is 4.55 Å². The summed E-state index contributed by atoms with van der Waals surface area (Å²) in [5, 5.41) is -0.706. The Bertz CT molecular complexity index is 506. The molecule has 0 fully saturated rings. The molecule has 21 heavy (non-hydrogen) atoms. The van der Waals surface area contributed by atoms with Crippen molar-refractivity contribution >= 4 is 10.1 Å². The zero-order valence-electron chi connectivity index (χ0n) is 13.4. The zero-order chi connectivity index (χ0) is 15.9. The largest absolute Gasteiger partial charge is 0.285 e. The molecule has 0 aliphatic carbocycles. The summed E-state index contributed by atoms with van der Waals surface area (Å²) in [6, 6.07) is 9.82. The zero-order valence-corrected chi connectivity index (χ0v) is 14.2. The van der Waals surface area contributed by atoms with Crippen LogP contribution in [0.5, 0.6) is 0 Å². The lowest BCUT2D eigenvalue weighted by molar-refractivity contribution is 0.276. The van der Waals surface area contributed by atoms with Crippen molar-refractivity contribution in [3.8, 4) is 0 Å². The van der Waals surface area contributed by atoms with E-state index in [0.29, 0.717) is 12.8 Å². The number of benzene rings is 1. The second-order valence-electron chi connectivity index (χ2n) is 6.47. The van der Waals surface area contributed by atoms with E-state index in [1.807, 2.05) is 44.2 Å². The van der Waals surface area contributed by atoms with Gasteiger partial charge in [0.1, 0.15) is 0 Å². The minimum atomic E-state index is -4.03. The van der Waals surface area contributed by atoms with E-state index >= 15 is 0 Å². The van der Waals surface area contributed by atoms with Gasteiger partial charge in [-0.2, -0.15) is 8.42 Å². The van der Waals surface area contributed by atoms with Gasteiger partial charge >= 0.3 is 0 Å². The summed E-state index contributed by atoms with van der Waals surface area (Å²) in [7, 11) is -4.03. The lowest BCUT2D eigenvalue weighted by atomic mass is 9.81. The highest BCUT2D eigenvalue weighted by Gasteiger charge is 2.37. The Hall–Kier alpha value is -0.870. The Balaban J connectivity index is 2.76. The average molecular weight is 312 g/mol. The van der Waals surface area contributed by atoms with Gasteiger partial charge in [-0.1, -0.05) is 70.4 Å². The van der Waals surface area contributed by atoms with E-state index in [1.165, 1.54) is 0 Å². The Morgan fingerprint density at radius 1 is 1.14 bits per heavy atom. The molecule has 120 valence electrons. The molecule has 3 nitrogen and oxygen atoms in total. The maximum atomic E-state index is 11.8. The van der Waals surface area contributed by atoms with Gasteiger partial charge in [0.25, 0.3) is 10.1 Å². The third-order valence-electron chi connectivity index (χ3n) is 4.19. The van der Waals surface area contributed by atoms with Crippen LogP contribution in [0.4, 0.5) is 0 Å². The van der Waals surface area contributed by atoms with Crippen LogP contribution in [0.1, 0.15) is 58.4 Å². The van der Waals surface area contributed by atoms with Crippen molar-refractivity contribution in [3.05, 3.63) is 35.9 Å². The standard InChI is InChI=1S/C17H28O3S/c1-4-5-9-14-17(2,3)16(21(18,19)20)13-12-15-10-7-6-8-11-15/h6-8,10-11,16H,4-5,9,12-14H2,1-3H3,(H,18,19,20). The van der Waals surface area contributed by atoms with Gasteiger partial charge in [-0.05, 0) is 30.2 Å². The van der Waals surface area contributed by atoms with E-state index in [4.69, 9.17) is 0 Å². The lowest BCUT2D eigenvalue weighted by Crippen LogP contribution is -2.37. The Morgan fingerprint density at radius 2 is 1.76 bits per heavy atom. The molecular formula is C17H28O3S. The first-order chi connectivity index (χ1) is 9.77. The number of hydrogen-bond acceptors (Lipinski definition) is 2. The van der Waals surface area contributed by atoms with Crippen molar-refractivity contribution in [3.63, 3.8) is 0 Å². The third-order valence-corrected chi connectivity index (χ3v) is 5.79. The number of aryl methyl sites for hydroxylation is 1. The maximum Gasteiger partial charge on any atom is 0.268 e.